The van der Waals surface area contributed by atoms with Crippen molar-refractivity contribution in [2.75, 3.05) is 5.33 Å². The van der Waals surface area contributed by atoms with Gasteiger partial charge in [-0.2, -0.15) is 0 Å². The molecule has 0 saturated carbocycles. The Morgan fingerprint density at radius 2 is 2.27 bits per heavy atom. The van der Waals surface area contributed by atoms with E-state index < -0.39 is 0 Å². The van der Waals surface area contributed by atoms with Gasteiger partial charge in [-0.15, -0.1) is 0 Å². The van der Waals surface area contributed by atoms with Gasteiger partial charge in [-0.3, -0.25) is 4.79 Å². The lowest BCUT2D eigenvalue weighted by Gasteiger charge is -1.99. The minimum absolute atomic E-state index is 0.00635. The van der Waals surface area contributed by atoms with Crippen molar-refractivity contribution in [1.29, 1.82) is 0 Å². The van der Waals surface area contributed by atoms with Gasteiger partial charge in [0.25, 0.3) is 0 Å². The van der Waals surface area contributed by atoms with Crippen LogP contribution in [0.5, 0.6) is 5.75 Å². The number of benzene rings is 1. The Labute approximate surface area is 97.4 Å². The zero-order chi connectivity index (χ0) is 11.3. The van der Waals surface area contributed by atoms with Gasteiger partial charge >= 0.3 is 0 Å². The topological polar surface area (TPSA) is 37.3 Å². The molecule has 0 atom stereocenters. The Bertz CT molecular complexity index is 427. The summed E-state index contributed by atoms with van der Waals surface area (Å²) in [6.07, 6.45) is 0.759. The molecule has 0 aliphatic heterocycles. The summed E-state index contributed by atoms with van der Waals surface area (Å²) in [5.74, 6) is 5.68. The molecule has 0 unspecified atom stereocenters. The Morgan fingerprint density at radius 3 is 2.80 bits per heavy atom. The first kappa shape index (κ1) is 11.8. The number of alkyl halides is 1. The first-order chi connectivity index (χ1) is 7.15. The second-order valence-electron chi connectivity index (χ2n) is 3.03. The van der Waals surface area contributed by atoms with E-state index in [-0.39, 0.29) is 11.5 Å². The van der Waals surface area contributed by atoms with Crippen LogP contribution in [0, 0.1) is 11.8 Å². The first-order valence-electron chi connectivity index (χ1n) is 4.54. The zero-order valence-electron chi connectivity index (χ0n) is 8.38. The standard InChI is InChI=1S/C12H11BrO2/c1-9(14)11-6-5-10(8-12(11)15)4-2-3-7-13/h5-6,8,15H,3,7H2,1H3. The lowest BCUT2D eigenvalue weighted by Crippen LogP contribution is -1.92. The van der Waals surface area contributed by atoms with Crippen LogP contribution < -0.4 is 0 Å². The summed E-state index contributed by atoms with van der Waals surface area (Å²) in [5.41, 5.74) is 1.06. The van der Waals surface area contributed by atoms with Crippen molar-refractivity contribution in [2.24, 2.45) is 0 Å². The number of halogens is 1. The lowest BCUT2D eigenvalue weighted by atomic mass is 10.1. The molecule has 0 fully saturated rings. The van der Waals surface area contributed by atoms with Gasteiger partial charge in [0.1, 0.15) is 5.75 Å². The highest BCUT2D eigenvalue weighted by atomic mass is 79.9. The Morgan fingerprint density at radius 1 is 1.53 bits per heavy atom. The van der Waals surface area contributed by atoms with E-state index in [1.807, 2.05) is 0 Å². The number of hydrogen-bond donors (Lipinski definition) is 1. The monoisotopic (exact) mass is 266 g/mol. The average Bonchev–Trinajstić information content (AvgIpc) is 2.17. The molecule has 78 valence electrons. The molecule has 1 aromatic rings. The van der Waals surface area contributed by atoms with Gasteiger partial charge in [-0.1, -0.05) is 27.8 Å². The molecule has 1 rings (SSSR count). The fourth-order valence-corrected chi connectivity index (χ4v) is 1.32. The molecule has 3 heteroatoms. The maximum Gasteiger partial charge on any atom is 0.163 e. The molecular weight excluding hydrogens is 256 g/mol. The van der Waals surface area contributed by atoms with Crippen LogP contribution in [0.4, 0.5) is 0 Å². The SMILES string of the molecule is CC(=O)c1ccc(C#CCCBr)cc1O. The van der Waals surface area contributed by atoms with Crippen molar-refractivity contribution in [1.82, 2.24) is 0 Å². The Hall–Kier alpha value is -1.27. The van der Waals surface area contributed by atoms with Crippen LogP contribution in [-0.4, -0.2) is 16.2 Å². The number of phenolic OH excluding ortho intramolecular Hbond substituents is 1. The summed E-state index contributed by atoms with van der Waals surface area (Å²) >= 11 is 3.27. The Balaban J connectivity index is 2.93. The summed E-state index contributed by atoms with van der Waals surface area (Å²) in [7, 11) is 0. The van der Waals surface area contributed by atoms with Crippen molar-refractivity contribution in [3.8, 4) is 17.6 Å². The largest absolute Gasteiger partial charge is 0.507 e. The predicted octanol–water partition coefficient (Wildman–Crippen LogP) is 2.73. The molecule has 1 aromatic carbocycles. The maximum atomic E-state index is 11.0. The first-order valence-corrected chi connectivity index (χ1v) is 5.66. The van der Waals surface area contributed by atoms with Gasteiger partial charge in [0.2, 0.25) is 0 Å². The maximum absolute atomic E-state index is 11.0. The molecule has 0 radical (unpaired) electrons. The molecule has 1 N–H and O–H groups in total. The average molecular weight is 267 g/mol. The lowest BCUT2D eigenvalue weighted by molar-refractivity contribution is 0.101. The van der Waals surface area contributed by atoms with Gasteiger partial charge in [-0.05, 0) is 25.1 Å². The molecule has 0 amide bonds. The second-order valence-corrected chi connectivity index (χ2v) is 3.82. The van der Waals surface area contributed by atoms with Gasteiger partial charge in [-0.25, -0.2) is 0 Å². The third kappa shape index (κ3) is 3.41. The van der Waals surface area contributed by atoms with Crippen molar-refractivity contribution < 1.29 is 9.90 Å². The zero-order valence-corrected chi connectivity index (χ0v) is 9.97. The minimum atomic E-state index is -0.146. The molecule has 0 heterocycles. The molecule has 0 aliphatic rings. The summed E-state index contributed by atoms with van der Waals surface area (Å²) in [5, 5.41) is 10.4. The number of ketones is 1. The van der Waals surface area contributed by atoms with E-state index in [9.17, 15) is 9.90 Å². The summed E-state index contributed by atoms with van der Waals surface area (Å²) < 4.78 is 0. The van der Waals surface area contributed by atoms with E-state index in [0.29, 0.717) is 5.56 Å². The van der Waals surface area contributed by atoms with Crippen molar-refractivity contribution in [3.63, 3.8) is 0 Å². The second kappa shape index (κ2) is 5.57. The van der Waals surface area contributed by atoms with Gasteiger partial charge in [0.05, 0.1) is 5.56 Å². The van der Waals surface area contributed by atoms with E-state index in [0.717, 1.165) is 17.3 Å². The molecule has 2 nitrogen and oxygen atoms in total. The molecule has 0 spiro atoms. The number of carbonyl (C=O) groups is 1. The predicted molar refractivity (Wildman–Crippen MR) is 63.4 cm³/mol. The summed E-state index contributed by atoms with van der Waals surface area (Å²) in [6.45, 7) is 1.42. The summed E-state index contributed by atoms with van der Waals surface area (Å²) in [4.78, 5) is 11.0. The number of hydrogen-bond acceptors (Lipinski definition) is 2. The van der Waals surface area contributed by atoms with Crippen molar-refractivity contribution in [2.45, 2.75) is 13.3 Å². The van der Waals surface area contributed by atoms with Crippen LogP contribution >= 0.6 is 15.9 Å². The highest BCUT2D eigenvalue weighted by molar-refractivity contribution is 9.09. The Kier molecular flexibility index (Phi) is 4.38. The van der Waals surface area contributed by atoms with Crippen molar-refractivity contribution in [3.05, 3.63) is 29.3 Å². The molecule has 0 aromatic heterocycles. The quantitative estimate of drug-likeness (QED) is 0.508. The van der Waals surface area contributed by atoms with Crippen LogP contribution in [0.25, 0.3) is 0 Å². The van der Waals surface area contributed by atoms with E-state index in [4.69, 9.17) is 0 Å². The minimum Gasteiger partial charge on any atom is -0.507 e. The molecule has 0 aliphatic carbocycles. The van der Waals surface area contributed by atoms with Crippen LogP contribution in [0.1, 0.15) is 29.3 Å². The van der Waals surface area contributed by atoms with Crippen LogP contribution in [0.15, 0.2) is 18.2 Å². The number of carbonyl (C=O) groups excluding carboxylic acids is 1. The fraction of sp³-hybridized carbons (Fsp3) is 0.250. The van der Waals surface area contributed by atoms with E-state index in [2.05, 4.69) is 27.8 Å². The van der Waals surface area contributed by atoms with Crippen LogP contribution in [0.3, 0.4) is 0 Å². The molecule has 0 bridgehead atoms. The molecular formula is C12H11BrO2. The van der Waals surface area contributed by atoms with E-state index >= 15 is 0 Å². The molecule has 15 heavy (non-hydrogen) atoms. The van der Waals surface area contributed by atoms with Gasteiger partial charge in [0, 0.05) is 17.3 Å². The number of Topliss-reactive ketones (excluding diaryl/α,β-unsaturated/α-hetero) is 1. The number of rotatable bonds is 2. The highest BCUT2D eigenvalue weighted by Crippen LogP contribution is 2.18. The number of phenols is 1. The van der Waals surface area contributed by atoms with Crippen LogP contribution in [0.2, 0.25) is 0 Å². The third-order valence-corrected chi connectivity index (χ3v) is 2.23. The van der Waals surface area contributed by atoms with Gasteiger partial charge in [0.15, 0.2) is 5.78 Å². The smallest absolute Gasteiger partial charge is 0.163 e. The van der Waals surface area contributed by atoms with Gasteiger partial charge < -0.3 is 5.11 Å². The third-order valence-electron chi connectivity index (χ3n) is 1.83. The highest BCUT2D eigenvalue weighted by Gasteiger charge is 2.05. The fourth-order valence-electron chi connectivity index (χ4n) is 1.12. The van der Waals surface area contributed by atoms with E-state index in [1.165, 1.54) is 13.0 Å². The van der Waals surface area contributed by atoms with Crippen LogP contribution in [-0.2, 0) is 0 Å². The molecule has 0 saturated heterocycles. The number of aromatic hydroxyl groups is 1. The van der Waals surface area contributed by atoms with E-state index in [1.54, 1.807) is 12.1 Å². The normalized spacial score (nSPS) is 9.20. The van der Waals surface area contributed by atoms with Crippen molar-refractivity contribution >= 4 is 21.7 Å². The summed E-state index contributed by atoms with van der Waals surface area (Å²) in [6, 6.07) is 4.84.